The summed E-state index contributed by atoms with van der Waals surface area (Å²) in [5, 5.41) is 0. The van der Waals surface area contributed by atoms with Gasteiger partial charge in [0.05, 0.1) is 0 Å². The zero-order valence-corrected chi connectivity index (χ0v) is 10.6. The number of likely N-dealkylation sites (tertiary alicyclic amines) is 1. The van der Waals surface area contributed by atoms with Gasteiger partial charge in [0, 0.05) is 25.0 Å². The molecule has 1 heterocycles. The Kier molecular flexibility index (Phi) is 5.25. The number of halogens is 3. The summed E-state index contributed by atoms with van der Waals surface area (Å²) in [5.74, 6) is 0.522. The number of nitrogens with two attached hydrogens (primary N) is 1. The van der Waals surface area contributed by atoms with Crippen molar-refractivity contribution >= 4 is 0 Å². The summed E-state index contributed by atoms with van der Waals surface area (Å²) in [5.41, 5.74) is 5.98. The summed E-state index contributed by atoms with van der Waals surface area (Å²) in [7, 11) is 0. The van der Waals surface area contributed by atoms with Gasteiger partial charge in [0.25, 0.3) is 0 Å². The molecule has 1 aliphatic rings. The Morgan fingerprint density at radius 1 is 1.41 bits per heavy atom. The first-order valence-electron chi connectivity index (χ1n) is 6.36. The highest BCUT2D eigenvalue weighted by Crippen LogP contribution is 2.24. The molecule has 0 radical (unpaired) electrons. The molecule has 0 saturated carbocycles. The van der Waals surface area contributed by atoms with Gasteiger partial charge in [0.1, 0.15) is 0 Å². The molecule has 0 aliphatic carbocycles. The van der Waals surface area contributed by atoms with E-state index in [9.17, 15) is 13.2 Å². The van der Waals surface area contributed by atoms with Crippen molar-refractivity contribution in [3.63, 3.8) is 0 Å². The summed E-state index contributed by atoms with van der Waals surface area (Å²) in [6.07, 6.45) is -2.84. The maximum Gasteiger partial charge on any atom is 0.389 e. The van der Waals surface area contributed by atoms with Crippen LogP contribution in [0.4, 0.5) is 13.2 Å². The van der Waals surface area contributed by atoms with Gasteiger partial charge in [-0.3, -0.25) is 4.90 Å². The molecule has 1 rings (SSSR count). The van der Waals surface area contributed by atoms with Crippen LogP contribution in [0.2, 0.25) is 0 Å². The SMILES string of the molecule is CC1CCN(C(C)CCCC(F)(F)F)CC1N. The normalized spacial score (nSPS) is 29.3. The fourth-order valence-corrected chi connectivity index (χ4v) is 2.31. The van der Waals surface area contributed by atoms with E-state index in [1.807, 2.05) is 6.92 Å². The van der Waals surface area contributed by atoms with Gasteiger partial charge in [-0.1, -0.05) is 6.92 Å². The van der Waals surface area contributed by atoms with Gasteiger partial charge in [0.15, 0.2) is 0 Å². The monoisotopic (exact) mass is 252 g/mol. The van der Waals surface area contributed by atoms with Gasteiger partial charge in [-0.05, 0) is 38.6 Å². The van der Waals surface area contributed by atoms with E-state index in [1.165, 1.54) is 0 Å². The van der Waals surface area contributed by atoms with Crippen molar-refractivity contribution in [3.05, 3.63) is 0 Å². The van der Waals surface area contributed by atoms with E-state index in [4.69, 9.17) is 5.73 Å². The number of hydrogen-bond acceptors (Lipinski definition) is 2. The molecule has 5 heteroatoms. The Morgan fingerprint density at radius 3 is 2.59 bits per heavy atom. The molecule has 2 nitrogen and oxygen atoms in total. The quantitative estimate of drug-likeness (QED) is 0.833. The lowest BCUT2D eigenvalue weighted by molar-refractivity contribution is -0.136. The molecule has 0 aromatic carbocycles. The number of alkyl halides is 3. The van der Waals surface area contributed by atoms with Crippen LogP contribution in [-0.2, 0) is 0 Å². The third-order valence-corrected chi connectivity index (χ3v) is 3.75. The number of nitrogens with zero attached hydrogens (tertiary/aromatic N) is 1. The molecular formula is C12H23F3N2. The fourth-order valence-electron chi connectivity index (χ4n) is 2.31. The van der Waals surface area contributed by atoms with Gasteiger partial charge in [-0.15, -0.1) is 0 Å². The minimum Gasteiger partial charge on any atom is -0.326 e. The van der Waals surface area contributed by atoms with E-state index in [-0.39, 0.29) is 18.5 Å². The number of hydrogen-bond donors (Lipinski definition) is 1. The van der Waals surface area contributed by atoms with E-state index in [0.717, 1.165) is 19.5 Å². The zero-order valence-electron chi connectivity index (χ0n) is 10.6. The first-order valence-corrected chi connectivity index (χ1v) is 6.36. The van der Waals surface area contributed by atoms with Gasteiger partial charge in [-0.2, -0.15) is 13.2 Å². The summed E-state index contributed by atoms with van der Waals surface area (Å²) in [4.78, 5) is 2.22. The second-order valence-electron chi connectivity index (χ2n) is 5.28. The Balaban J connectivity index is 2.26. The molecule has 1 fully saturated rings. The van der Waals surface area contributed by atoms with E-state index in [1.54, 1.807) is 0 Å². The van der Waals surface area contributed by atoms with Crippen LogP contribution >= 0.6 is 0 Å². The van der Waals surface area contributed by atoms with Gasteiger partial charge in [0.2, 0.25) is 0 Å². The molecular weight excluding hydrogens is 229 g/mol. The predicted octanol–water partition coefficient (Wildman–Crippen LogP) is 2.78. The molecule has 17 heavy (non-hydrogen) atoms. The lowest BCUT2D eigenvalue weighted by Crippen LogP contribution is -2.50. The maximum atomic E-state index is 12.0. The third kappa shape index (κ3) is 5.25. The molecule has 3 atom stereocenters. The molecule has 102 valence electrons. The molecule has 0 spiro atoms. The largest absolute Gasteiger partial charge is 0.389 e. The van der Waals surface area contributed by atoms with Crippen LogP contribution in [0.1, 0.15) is 39.5 Å². The van der Waals surface area contributed by atoms with Crippen molar-refractivity contribution in [2.45, 2.75) is 57.8 Å². The van der Waals surface area contributed by atoms with E-state index in [2.05, 4.69) is 11.8 Å². The minimum atomic E-state index is -4.02. The van der Waals surface area contributed by atoms with Crippen molar-refractivity contribution < 1.29 is 13.2 Å². The van der Waals surface area contributed by atoms with Crippen LogP contribution in [-0.4, -0.2) is 36.2 Å². The van der Waals surface area contributed by atoms with Crippen LogP contribution < -0.4 is 5.73 Å². The molecule has 0 aromatic heterocycles. The minimum absolute atomic E-state index is 0.161. The first-order chi connectivity index (χ1) is 7.79. The highest BCUT2D eigenvalue weighted by atomic mass is 19.4. The van der Waals surface area contributed by atoms with Crippen LogP contribution in [0.3, 0.4) is 0 Å². The number of rotatable bonds is 4. The second-order valence-corrected chi connectivity index (χ2v) is 5.28. The van der Waals surface area contributed by atoms with Gasteiger partial charge in [-0.25, -0.2) is 0 Å². The highest BCUT2D eigenvalue weighted by Gasteiger charge is 2.29. The maximum absolute atomic E-state index is 12.0. The van der Waals surface area contributed by atoms with Crippen molar-refractivity contribution in [3.8, 4) is 0 Å². The molecule has 1 saturated heterocycles. The van der Waals surface area contributed by atoms with E-state index in [0.29, 0.717) is 12.3 Å². The molecule has 2 N–H and O–H groups in total. The Hall–Kier alpha value is -0.290. The van der Waals surface area contributed by atoms with Crippen molar-refractivity contribution in [2.24, 2.45) is 11.7 Å². The predicted molar refractivity (Wildman–Crippen MR) is 62.7 cm³/mol. The van der Waals surface area contributed by atoms with Crippen LogP contribution in [0.25, 0.3) is 0 Å². The fraction of sp³-hybridized carbons (Fsp3) is 1.00. The molecule has 0 aromatic rings. The average molecular weight is 252 g/mol. The highest BCUT2D eigenvalue weighted by molar-refractivity contribution is 4.83. The van der Waals surface area contributed by atoms with Crippen LogP contribution in [0, 0.1) is 5.92 Å². The van der Waals surface area contributed by atoms with Crippen molar-refractivity contribution in [2.75, 3.05) is 13.1 Å². The molecule has 0 bridgehead atoms. The average Bonchev–Trinajstić information content (AvgIpc) is 2.20. The molecule has 0 amide bonds. The van der Waals surface area contributed by atoms with Crippen molar-refractivity contribution in [1.82, 2.24) is 4.90 Å². The Morgan fingerprint density at radius 2 is 2.06 bits per heavy atom. The van der Waals surface area contributed by atoms with E-state index < -0.39 is 12.6 Å². The molecule has 3 unspecified atom stereocenters. The van der Waals surface area contributed by atoms with Gasteiger partial charge < -0.3 is 5.73 Å². The topological polar surface area (TPSA) is 29.3 Å². The van der Waals surface area contributed by atoms with Crippen LogP contribution in [0.5, 0.6) is 0 Å². The number of piperidine rings is 1. The lowest BCUT2D eigenvalue weighted by Gasteiger charge is -2.38. The Bertz CT molecular complexity index is 230. The standard InChI is InChI=1S/C12H23F3N2/c1-9-5-7-17(8-11(9)16)10(2)4-3-6-12(13,14)15/h9-11H,3-8,16H2,1-2H3. The van der Waals surface area contributed by atoms with Crippen molar-refractivity contribution in [1.29, 1.82) is 0 Å². The zero-order chi connectivity index (χ0) is 13.1. The molecule has 1 aliphatic heterocycles. The summed E-state index contributed by atoms with van der Waals surface area (Å²) < 4.78 is 36.1. The summed E-state index contributed by atoms with van der Waals surface area (Å²) >= 11 is 0. The summed E-state index contributed by atoms with van der Waals surface area (Å²) in [6.45, 7) is 5.91. The second kappa shape index (κ2) is 6.05. The van der Waals surface area contributed by atoms with E-state index >= 15 is 0 Å². The smallest absolute Gasteiger partial charge is 0.326 e. The lowest BCUT2D eigenvalue weighted by atomic mass is 9.93. The van der Waals surface area contributed by atoms with Gasteiger partial charge >= 0.3 is 6.18 Å². The summed E-state index contributed by atoms with van der Waals surface area (Å²) in [6, 6.07) is 0.365. The van der Waals surface area contributed by atoms with Crippen LogP contribution in [0.15, 0.2) is 0 Å². The first kappa shape index (κ1) is 14.8. The third-order valence-electron chi connectivity index (χ3n) is 3.75. The Labute approximate surface area is 101 Å².